The largest absolute Gasteiger partial charge is 0.0502 e. The summed E-state index contributed by atoms with van der Waals surface area (Å²) in [5, 5.41) is 0. The predicted molar refractivity (Wildman–Crippen MR) is 90.4 cm³/mol. The van der Waals surface area contributed by atoms with Gasteiger partial charge in [0.1, 0.15) is 0 Å². The van der Waals surface area contributed by atoms with Crippen LogP contribution in [-0.4, -0.2) is 0 Å². The third-order valence-electron chi connectivity index (χ3n) is 10.3. The SMILES string of the molecule is C1CC2CC1CC2C1(C23CCC(CC2)C3)CC2CCC1CC2. The average molecular weight is 299 g/mol. The molecule has 7 fully saturated rings. The standard InChI is InChI=1S/C22H34/c1-4-18-11-17(1)12-20(18)22(14-15-2-5-19(22)6-3-15)21-9-7-16(13-21)8-10-21/h15-20H,1-14H2. The van der Waals surface area contributed by atoms with Crippen molar-refractivity contribution < 1.29 is 0 Å². The number of hydrogen-bond acceptors (Lipinski definition) is 0. The summed E-state index contributed by atoms with van der Waals surface area (Å²) in [5.41, 5.74) is 1.69. The zero-order valence-electron chi connectivity index (χ0n) is 14.4. The van der Waals surface area contributed by atoms with Crippen molar-refractivity contribution in [3.05, 3.63) is 0 Å². The molecular formula is C22H34. The van der Waals surface area contributed by atoms with E-state index in [2.05, 4.69) is 0 Å². The van der Waals surface area contributed by atoms with E-state index in [-0.39, 0.29) is 0 Å². The van der Waals surface area contributed by atoms with Crippen LogP contribution in [0.1, 0.15) is 89.9 Å². The maximum absolute atomic E-state index is 1.69. The minimum absolute atomic E-state index is 0.844. The van der Waals surface area contributed by atoms with Gasteiger partial charge in [0.15, 0.2) is 0 Å². The van der Waals surface area contributed by atoms with Crippen LogP contribution in [0.5, 0.6) is 0 Å². The lowest BCUT2D eigenvalue weighted by Gasteiger charge is -2.64. The van der Waals surface area contributed by atoms with Gasteiger partial charge in [0.25, 0.3) is 0 Å². The molecule has 0 nitrogen and oxygen atoms in total. The first-order valence-corrected chi connectivity index (χ1v) is 10.8. The van der Waals surface area contributed by atoms with Crippen molar-refractivity contribution in [1.82, 2.24) is 0 Å². The third kappa shape index (κ3) is 1.47. The lowest BCUT2D eigenvalue weighted by atomic mass is 9.40. The van der Waals surface area contributed by atoms with Crippen molar-refractivity contribution in [2.75, 3.05) is 0 Å². The maximum atomic E-state index is 1.69. The van der Waals surface area contributed by atoms with Crippen molar-refractivity contribution in [1.29, 1.82) is 0 Å². The molecule has 0 amide bonds. The van der Waals surface area contributed by atoms with Crippen LogP contribution in [0.25, 0.3) is 0 Å². The van der Waals surface area contributed by atoms with Crippen LogP contribution in [0.2, 0.25) is 0 Å². The molecule has 0 aromatic rings. The minimum atomic E-state index is 0.844. The van der Waals surface area contributed by atoms with Gasteiger partial charge in [-0.3, -0.25) is 0 Å². The van der Waals surface area contributed by atoms with Crippen LogP contribution in [0.15, 0.2) is 0 Å². The van der Waals surface area contributed by atoms with Crippen LogP contribution >= 0.6 is 0 Å². The molecular weight excluding hydrogens is 264 g/mol. The minimum Gasteiger partial charge on any atom is -0.0502 e. The molecule has 0 spiro atoms. The molecule has 0 aromatic heterocycles. The van der Waals surface area contributed by atoms with Crippen molar-refractivity contribution >= 4 is 0 Å². The summed E-state index contributed by atoms with van der Waals surface area (Å²) in [6, 6.07) is 0. The normalized spacial score (nSPS) is 62.2. The summed E-state index contributed by atoms with van der Waals surface area (Å²) in [4.78, 5) is 0. The first-order chi connectivity index (χ1) is 10.8. The molecule has 0 aliphatic heterocycles. The van der Waals surface area contributed by atoms with Crippen molar-refractivity contribution in [3.8, 4) is 0 Å². The van der Waals surface area contributed by atoms with E-state index in [9.17, 15) is 0 Å². The van der Waals surface area contributed by atoms with E-state index in [0.717, 1.165) is 34.5 Å². The molecule has 4 unspecified atom stereocenters. The van der Waals surface area contributed by atoms with E-state index in [1.165, 1.54) is 11.8 Å². The molecule has 22 heavy (non-hydrogen) atoms. The van der Waals surface area contributed by atoms with E-state index in [1.54, 1.807) is 89.9 Å². The Kier molecular flexibility index (Phi) is 2.62. The molecule has 7 rings (SSSR count). The third-order valence-corrected chi connectivity index (χ3v) is 10.3. The first kappa shape index (κ1) is 13.3. The van der Waals surface area contributed by atoms with Gasteiger partial charge in [0.2, 0.25) is 0 Å². The van der Waals surface area contributed by atoms with Gasteiger partial charge in [-0.1, -0.05) is 19.3 Å². The fourth-order valence-corrected chi connectivity index (χ4v) is 9.75. The zero-order chi connectivity index (χ0) is 14.4. The fourth-order valence-electron chi connectivity index (χ4n) is 9.75. The van der Waals surface area contributed by atoms with Crippen LogP contribution in [0.4, 0.5) is 0 Å². The topological polar surface area (TPSA) is 0 Å². The van der Waals surface area contributed by atoms with Gasteiger partial charge >= 0.3 is 0 Å². The highest BCUT2D eigenvalue weighted by Gasteiger charge is 2.67. The van der Waals surface area contributed by atoms with Gasteiger partial charge in [-0.25, -0.2) is 0 Å². The Bertz CT molecular complexity index is 462. The molecule has 0 heterocycles. The van der Waals surface area contributed by atoms with Crippen molar-refractivity contribution in [2.24, 2.45) is 46.3 Å². The number of fused-ring (bicyclic) bond motifs is 8. The van der Waals surface area contributed by atoms with Crippen molar-refractivity contribution in [2.45, 2.75) is 89.9 Å². The van der Waals surface area contributed by atoms with E-state index in [0.29, 0.717) is 0 Å². The molecule has 7 aliphatic carbocycles. The lowest BCUT2D eigenvalue weighted by Crippen LogP contribution is -2.56. The summed E-state index contributed by atoms with van der Waals surface area (Å²) in [6.45, 7) is 0. The first-order valence-electron chi connectivity index (χ1n) is 10.8. The highest BCUT2D eigenvalue weighted by molar-refractivity contribution is 5.16. The summed E-state index contributed by atoms with van der Waals surface area (Å²) in [7, 11) is 0. The fraction of sp³-hybridized carbons (Fsp3) is 1.00. The molecule has 7 aliphatic rings. The second-order valence-corrected chi connectivity index (χ2v) is 10.7. The molecule has 0 saturated heterocycles. The predicted octanol–water partition coefficient (Wildman–Crippen LogP) is 6.20. The second-order valence-electron chi connectivity index (χ2n) is 10.7. The van der Waals surface area contributed by atoms with Gasteiger partial charge in [-0.05, 0) is 117 Å². The van der Waals surface area contributed by atoms with Crippen LogP contribution in [0.3, 0.4) is 0 Å². The average Bonchev–Trinajstić information content (AvgIpc) is 3.36. The van der Waals surface area contributed by atoms with E-state index >= 15 is 0 Å². The molecule has 0 aromatic carbocycles. The quantitative estimate of drug-likeness (QED) is 0.569. The van der Waals surface area contributed by atoms with Crippen molar-refractivity contribution in [3.63, 3.8) is 0 Å². The Morgan fingerprint density at radius 2 is 1.32 bits per heavy atom. The summed E-state index contributed by atoms with van der Waals surface area (Å²) < 4.78 is 0. The molecule has 122 valence electrons. The summed E-state index contributed by atoms with van der Waals surface area (Å²) in [5.74, 6) is 6.93. The maximum Gasteiger partial charge on any atom is -0.0179 e. The van der Waals surface area contributed by atoms with Gasteiger partial charge < -0.3 is 0 Å². The molecule has 6 bridgehead atoms. The van der Waals surface area contributed by atoms with Gasteiger partial charge in [0, 0.05) is 0 Å². The number of rotatable bonds is 2. The van der Waals surface area contributed by atoms with Gasteiger partial charge in [0.05, 0.1) is 0 Å². The Labute approximate surface area is 136 Å². The molecule has 0 heteroatoms. The Morgan fingerprint density at radius 1 is 0.591 bits per heavy atom. The van der Waals surface area contributed by atoms with E-state index in [1.807, 2.05) is 0 Å². The molecule has 4 atom stereocenters. The number of hydrogen-bond donors (Lipinski definition) is 0. The lowest BCUT2D eigenvalue weighted by molar-refractivity contribution is -0.154. The monoisotopic (exact) mass is 298 g/mol. The van der Waals surface area contributed by atoms with Crippen LogP contribution in [-0.2, 0) is 0 Å². The van der Waals surface area contributed by atoms with Gasteiger partial charge in [-0.15, -0.1) is 0 Å². The Hall–Kier alpha value is 0. The molecule has 0 N–H and O–H groups in total. The molecule has 0 radical (unpaired) electrons. The Balaban J connectivity index is 1.47. The van der Waals surface area contributed by atoms with Crippen LogP contribution < -0.4 is 0 Å². The highest BCUT2D eigenvalue weighted by atomic mass is 14.7. The second kappa shape index (κ2) is 4.34. The molecule has 7 saturated carbocycles. The van der Waals surface area contributed by atoms with Gasteiger partial charge in [-0.2, -0.15) is 0 Å². The van der Waals surface area contributed by atoms with Crippen LogP contribution in [0, 0.1) is 46.3 Å². The van der Waals surface area contributed by atoms with E-state index in [4.69, 9.17) is 0 Å². The summed E-state index contributed by atoms with van der Waals surface area (Å²) >= 11 is 0. The zero-order valence-corrected chi connectivity index (χ0v) is 14.4. The Morgan fingerprint density at radius 3 is 1.82 bits per heavy atom. The summed E-state index contributed by atoms with van der Waals surface area (Å²) in [6.07, 6.45) is 22.9. The van der Waals surface area contributed by atoms with E-state index < -0.39 is 0 Å². The smallest absolute Gasteiger partial charge is 0.0179 e. The highest BCUT2D eigenvalue weighted by Crippen LogP contribution is 2.76.